The second kappa shape index (κ2) is 1.94. The Labute approximate surface area is 64.5 Å². The van der Waals surface area contributed by atoms with Gasteiger partial charge in [0, 0.05) is 0 Å². The van der Waals surface area contributed by atoms with Crippen LogP contribution in [-0.2, 0) is 9.59 Å². The molecule has 1 fully saturated rings. The third-order valence-electron chi connectivity index (χ3n) is 2.33. The zero-order chi connectivity index (χ0) is 7.90. The first-order valence-corrected chi connectivity index (χ1v) is 3.72. The number of carbonyl (C=O) groups excluding carboxylic acids is 2. The van der Waals surface area contributed by atoms with Crippen LogP contribution in [-0.4, -0.2) is 17.2 Å². The van der Waals surface area contributed by atoms with Gasteiger partial charge in [0.05, 0.1) is 6.42 Å². The maximum Gasteiger partial charge on any atom is 0.228 e. The minimum absolute atomic E-state index is 0.0486. The van der Waals surface area contributed by atoms with Gasteiger partial charge in [-0.15, -0.1) is 0 Å². The van der Waals surface area contributed by atoms with Crippen LogP contribution in [0.2, 0.25) is 0 Å². The molecule has 3 heteroatoms. The normalized spacial score (nSPS) is 26.5. The molecule has 0 aromatic carbocycles. The largest absolute Gasteiger partial charge is 0.343 e. The Hall–Kier alpha value is -1.12. The predicted octanol–water partition coefficient (Wildman–Crippen LogP) is 0.164. The highest BCUT2D eigenvalue weighted by atomic mass is 16.2. The Morgan fingerprint density at radius 3 is 2.36 bits per heavy atom. The zero-order valence-electron chi connectivity index (χ0n) is 6.09. The van der Waals surface area contributed by atoms with Crippen molar-refractivity contribution in [1.29, 1.82) is 0 Å². The van der Waals surface area contributed by atoms with Crippen LogP contribution in [0.3, 0.4) is 0 Å². The minimum atomic E-state index is -0.531. The van der Waals surface area contributed by atoms with E-state index in [-0.39, 0.29) is 18.1 Å². The SMILES string of the molecule is O=C1CC(=O)C2(CC=CC2)N1. The molecular weight excluding hydrogens is 142 g/mol. The Morgan fingerprint density at radius 2 is 1.91 bits per heavy atom. The van der Waals surface area contributed by atoms with Crippen molar-refractivity contribution < 1.29 is 9.59 Å². The van der Waals surface area contributed by atoms with Gasteiger partial charge in [-0.05, 0) is 12.8 Å². The summed E-state index contributed by atoms with van der Waals surface area (Å²) in [4.78, 5) is 22.1. The van der Waals surface area contributed by atoms with Crippen molar-refractivity contribution in [2.75, 3.05) is 0 Å². The molecule has 0 aromatic rings. The Bertz CT molecular complexity index is 247. The van der Waals surface area contributed by atoms with Crippen LogP contribution in [0.25, 0.3) is 0 Å². The van der Waals surface area contributed by atoms with Crippen molar-refractivity contribution in [3.8, 4) is 0 Å². The minimum Gasteiger partial charge on any atom is -0.343 e. The fourth-order valence-electron chi connectivity index (χ4n) is 1.68. The summed E-state index contributed by atoms with van der Waals surface area (Å²) in [5.41, 5.74) is -0.531. The molecule has 1 N–H and O–H groups in total. The molecule has 1 saturated heterocycles. The highest BCUT2D eigenvalue weighted by Gasteiger charge is 2.45. The molecule has 0 bridgehead atoms. The van der Waals surface area contributed by atoms with Crippen LogP contribution in [0.15, 0.2) is 12.2 Å². The van der Waals surface area contributed by atoms with E-state index in [0.29, 0.717) is 12.8 Å². The average Bonchev–Trinajstić information content (AvgIpc) is 2.45. The molecule has 0 aromatic heterocycles. The molecule has 3 nitrogen and oxygen atoms in total. The lowest BCUT2D eigenvalue weighted by molar-refractivity contribution is -0.123. The van der Waals surface area contributed by atoms with Crippen LogP contribution in [0.1, 0.15) is 19.3 Å². The van der Waals surface area contributed by atoms with Crippen molar-refractivity contribution in [1.82, 2.24) is 5.32 Å². The van der Waals surface area contributed by atoms with E-state index in [0.717, 1.165) is 0 Å². The van der Waals surface area contributed by atoms with Crippen LogP contribution in [0.5, 0.6) is 0 Å². The summed E-state index contributed by atoms with van der Waals surface area (Å²) in [5, 5.41) is 2.73. The summed E-state index contributed by atoms with van der Waals surface area (Å²) < 4.78 is 0. The molecule has 1 amide bonds. The number of hydrogen-bond donors (Lipinski definition) is 1. The highest BCUT2D eigenvalue weighted by Crippen LogP contribution is 2.29. The van der Waals surface area contributed by atoms with E-state index in [1.807, 2.05) is 12.2 Å². The van der Waals surface area contributed by atoms with Gasteiger partial charge in [0.2, 0.25) is 5.91 Å². The lowest BCUT2D eigenvalue weighted by Gasteiger charge is -2.19. The van der Waals surface area contributed by atoms with Gasteiger partial charge in [-0.1, -0.05) is 12.2 Å². The third kappa shape index (κ3) is 0.803. The standard InChI is InChI=1S/C8H9NO2/c10-6-5-7(11)9-8(6)3-1-2-4-8/h1-2H,3-5H2,(H,9,11). The van der Waals surface area contributed by atoms with Crippen molar-refractivity contribution in [3.63, 3.8) is 0 Å². The molecule has 11 heavy (non-hydrogen) atoms. The first-order valence-electron chi connectivity index (χ1n) is 3.72. The lowest BCUT2D eigenvalue weighted by Crippen LogP contribution is -2.43. The molecule has 0 unspecified atom stereocenters. The lowest BCUT2D eigenvalue weighted by atomic mass is 9.94. The van der Waals surface area contributed by atoms with Crippen LogP contribution in [0.4, 0.5) is 0 Å². The van der Waals surface area contributed by atoms with Gasteiger partial charge in [0.25, 0.3) is 0 Å². The molecular formula is C8H9NO2. The summed E-state index contributed by atoms with van der Waals surface area (Å²) in [5.74, 6) is -0.0776. The number of nitrogens with one attached hydrogen (secondary N) is 1. The van der Waals surface area contributed by atoms with E-state index < -0.39 is 5.54 Å². The predicted molar refractivity (Wildman–Crippen MR) is 38.9 cm³/mol. The maximum atomic E-state index is 11.3. The van der Waals surface area contributed by atoms with Gasteiger partial charge in [-0.2, -0.15) is 0 Å². The first kappa shape index (κ1) is 6.58. The van der Waals surface area contributed by atoms with Crippen molar-refractivity contribution in [3.05, 3.63) is 12.2 Å². The van der Waals surface area contributed by atoms with E-state index in [1.165, 1.54) is 0 Å². The Morgan fingerprint density at radius 1 is 1.27 bits per heavy atom. The van der Waals surface area contributed by atoms with Crippen molar-refractivity contribution in [2.45, 2.75) is 24.8 Å². The second-order valence-corrected chi connectivity index (χ2v) is 3.11. The fraction of sp³-hybridized carbons (Fsp3) is 0.500. The molecule has 58 valence electrons. The van der Waals surface area contributed by atoms with Gasteiger partial charge in [-0.3, -0.25) is 9.59 Å². The number of rotatable bonds is 0. The Balaban J connectivity index is 2.26. The van der Waals surface area contributed by atoms with Crippen molar-refractivity contribution >= 4 is 11.7 Å². The van der Waals surface area contributed by atoms with E-state index in [1.54, 1.807) is 0 Å². The quantitative estimate of drug-likeness (QED) is 0.396. The molecule has 2 rings (SSSR count). The molecule has 0 radical (unpaired) electrons. The van der Waals surface area contributed by atoms with Gasteiger partial charge < -0.3 is 5.32 Å². The van der Waals surface area contributed by atoms with Gasteiger partial charge in [0.15, 0.2) is 5.78 Å². The second-order valence-electron chi connectivity index (χ2n) is 3.11. The molecule has 2 aliphatic rings. The Kier molecular flexibility index (Phi) is 1.16. The highest BCUT2D eigenvalue weighted by molar-refractivity contribution is 6.10. The van der Waals surface area contributed by atoms with Crippen molar-refractivity contribution in [2.24, 2.45) is 0 Å². The molecule has 1 aliphatic heterocycles. The topological polar surface area (TPSA) is 46.2 Å². The summed E-state index contributed by atoms with van der Waals surface area (Å²) in [6, 6.07) is 0. The molecule has 0 atom stereocenters. The molecule has 0 saturated carbocycles. The summed E-state index contributed by atoms with van der Waals surface area (Å²) >= 11 is 0. The summed E-state index contributed by atoms with van der Waals surface area (Å²) in [7, 11) is 0. The first-order chi connectivity index (χ1) is 5.23. The number of carbonyl (C=O) groups is 2. The molecule has 1 aliphatic carbocycles. The monoisotopic (exact) mass is 151 g/mol. The van der Waals surface area contributed by atoms with E-state index in [9.17, 15) is 9.59 Å². The third-order valence-corrected chi connectivity index (χ3v) is 2.33. The number of amides is 1. The number of Topliss-reactive ketones (excluding diaryl/α,β-unsaturated/α-hetero) is 1. The zero-order valence-corrected chi connectivity index (χ0v) is 6.09. The van der Waals surface area contributed by atoms with Gasteiger partial charge in [-0.25, -0.2) is 0 Å². The maximum absolute atomic E-state index is 11.3. The van der Waals surface area contributed by atoms with Gasteiger partial charge >= 0.3 is 0 Å². The smallest absolute Gasteiger partial charge is 0.228 e. The molecule has 1 spiro atoms. The fourth-order valence-corrected chi connectivity index (χ4v) is 1.68. The van der Waals surface area contributed by atoms with E-state index in [4.69, 9.17) is 0 Å². The van der Waals surface area contributed by atoms with Crippen LogP contribution >= 0.6 is 0 Å². The van der Waals surface area contributed by atoms with Crippen LogP contribution < -0.4 is 5.32 Å². The van der Waals surface area contributed by atoms with E-state index >= 15 is 0 Å². The van der Waals surface area contributed by atoms with Crippen LogP contribution in [0, 0.1) is 0 Å². The van der Waals surface area contributed by atoms with Gasteiger partial charge in [0.1, 0.15) is 5.54 Å². The number of ketones is 1. The van der Waals surface area contributed by atoms with E-state index in [2.05, 4.69) is 5.32 Å². The summed E-state index contributed by atoms with van der Waals surface area (Å²) in [6.07, 6.45) is 5.32. The number of hydrogen-bond acceptors (Lipinski definition) is 2. The molecule has 1 heterocycles. The average molecular weight is 151 g/mol. The summed E-state index contributed by atoms with van der Waals surface area (Å²) in [6.45, 7) is 0.